The van der Waals surface area contributed by atoms with Crippen LogP contribution in [0, 0.1) is 0 Å². The van der Waals surface area contributed by atoms with Crippen LogP contribution in [0.3, 0.4) is 0 Å². The van der Waals surface area contributed by atoms with Gasteiger partial charge >= 0.3 is 0 Å². The van der Waals surface area contributed by atoms with Crippen LogP contribution in [0.4, 0.5) is 5.69 Å². The van der Waals surface area contributed by atoms with Gasteiger partial charge in [-0.25, -0.2) is 0 Å². The second kappa shape index (κ2) is 10.4. The molecule has 6 nitrogen and oxygen atoms in total. The van der Waals surface area contributed by atoms with E-state index in [1.807, 2.05) is 41.3 Å². The Morgan fingerprint density at radius 1 is 1.00 bits per heavy atom. The van der Waals surface area contributed by atoms with E-state index in [2.05, 4.69) is 34.5 Å². The van der Waals surface area contributed by atoms with Crippen molar-refractivity contribution in [3.05, 3.63) is 89.4 Å². The first-order valence-corrected chi connectivity index (χ1v) is 12.9. The molecular weight excluding hydrogens is 446 g/mol. The van der Waals surface area contributed by atoms with E-state index in [0.29, 0.717) is 24.4 Å². The van der Waals surface area contributed by atoms with Gasteiger partial charge in [0, 0.05) is 30.9 Å². The van der Waals surface area contributed by atoms with Crippen molar-refractivity contribution in [1.29, 1.82) is 0 Å². The van der Waals surface area contributed by atoms with Crippen LogP contribution in [-0.4, -0.2) is 35.6 Å². The van der Waals surface area contributed by atoms with Crippen molar-refractivity contribution < 1.29 is 14.0 Å². The lowest BCUT2D eigenvalue weighted by Crippen LogP contribution is -2.29. The number of thioether (sulfide) groups is 1. The minimum atomic E-state index is -0.103. The Kier molecular flexibility index (Phi) is 6.90. The SMILES string of the molecule is O=C(NCc1ccc(N2CCCCC2)cc1)c1ccc([C@H]2SCC(=O)N2Cc2ccco2)cc1. The first kappa shape index (κ1) is 22.6. The lowest BCUT2D eigenvalue weighted by Gasteiger charge is -2.28. The lowest BCUT2D eigenvalue weighted by molar-refractivity contribution is -0.128. The number of nitrogens with zero attached hydrogens (tertiary/aromatic N) is 2. The molecule has 5 rings (SSSR count). The van der Waals surface area contributed by atoms with Gasteiger partial charge in [-0.3, -0.25) is 9.59 Å². The molecule has 34 heavy (non-hydrogen) atoms. The van der Waals surface area contributed by atoms with Gasteiger partial charge in [-0.1, -0.05) is 24.3 Å². The highest BCUT2D eigenvalue weighted by Crippen LogP contribution is 2.39. The molecule has 2 fully saturated rings. The number of hydrogen-bond donors (Lipinski definition) is 1. The van der Waals surface area contributed by atoms with Crippen LogP contribution in [-0.2, 0) is 17.9 Å². The maximum Gasteiger partial charge on any atom is 0.251 e. The minimum Gasteiger partial charge on any atom is -0.467 e. The van der Waals surface area contributed by atoms with Crippen molar-refractivity contribution in [3.63, 3.8) is 0 Å². The molecule has 0 bridgehead atoms. The molecular formula is C27H29N3O3S. The molecule has 176 valence electrons. The third-order valence-electron chi connectivity index (χ3n) is 6.44. The van der Waals surface area contributed by atoms with Gasteiger partial charge < -0.3 is 19.5 Å². The second-order valence-corrected chi connectivity index (χ2v) is 9.85. The third kappa shape index (κ3) is 5.14. The van der Waals surface area contributed by atoms with E-state index in [4.69, 9.17) is 4.42 Å². The molecule has 2 aliphatic rings. The topological polar surface area (TPSA) is 65.8 Å². The summed E-state index contributed by atoms with van der Waals surface area (Å²) in [6, 6.07) is 19.7. The molecule has 0 aliphatic carbocycles. The van der Waals surface area contributed by atoms with E-state index in [1.54, 1.807) is 18.0 Å². The van der Waals surface area contributed by atoms with E-state index in [-0.39, 0.29) is 17.2 Å². The summed E-state index contributed by atoms with van der Waals surface area (Å²) in [6.45, 7) is 3.19. The quantitative estimate of drug-likeness (QED) is 0.522. The molecule has 0 spiro atoms. The number of carbonyl (C=O) groups is 2. The molecule has 1 aromatic heterocycles. The number of furan rings is 1. The van der Waals surface area contributed by atoms with Gasteiger partial charge in [0.2, 0.25) is 5.91 Å². The average Bonchev–Trinajstić information content (AvgIpc) is 3.54. The second-order valence-electron chi connectivity index (χ2n) is 8.78. The van der Waals surface area contributed by atoms with E-state index in [0.717, 1.165) is 30.0 Å². The van der Waals surface area contributed by atoms with E-state index in [9.17, 15) is 9.59 Å². The Balaban J connectivity index is 1.17. The number of anilines is 1. The first-order chi connectivity index (χ1) is 16.7. The highest BCUT2D eigenvalue weighted by atomic mass is 32.2. The van der Waals surface area contributed by atoms with Crippen molar-refractivity contribution in [2.75, 3.05) is 23.7 Å². The lowest BCUT2D eigenvalue weighted by atomic mass is 10.1. The molecule has 0 radical (unpaired) electrons. The van der Waals surface area contributed by atoms with Gasteiger partial charge in [-0.05, 0) is 66.8 Å². The van der Waals surface area contributed by atoms with E-state index >= 15 is 0 Å². The first-order valence-electron chi connectivity index (χ1n) is 11.8. The predicted octanol–water partition coefficient (Wildman–Crippen LogP) is 4.97. The number of nitrogens with one attached hydrogen (secondary N) is 1. The number of hydrogen-bond acceptors (Lipinski definition) is 5. The van der Waals surface area contributed by atoms with Crippen molar-refractivity contribution >= 4 is 29.3 Å². The Morgan fingerprint density at radius 3 is 2.47 bits per heavy atom. The van der Waals surface area contributed by atoms with Gasteiger partial charge in [-0.2, -0.15) is 0 Å². The molecule has 1 atom stereocenters. The van der Waals surface area contributed by atoms with Gasteiger partial charge in [0.1, 0.15) is 11.1 Å². The summed E-state index contributed by atoms with van der Waals surface area (Å²) in [7, 11) is 0. The zero-order chi connectivity index (χ0) is 23.3. The van der Waals surface area contributed by atoms with Gasteiger partial charge in [0.15, 0.2) is 0 Å². The van der Waals surface area contributed by atoms with Crippen LogP contribution in [0.15, 0.2) is 71.3 Å². The fourth-order valence-corrected chi connectivity index (χ4v) is 5.72. The summed E-state index contributed by atoms with van der Waals surface area (Å²) in [5, 5.41) is 2.94. The summed E-state index contributed by atoms with van der Waals surface area (Å²) >= 11 is 1.60. The summed E-state index contributed by atoms with van der Waals surface area (Å²) in [5.74, 6) is 1.21. The number of amides is 2. The van der Waals surface area contributed by atoms with Crippen molar-refractivity contribution in [2.24, 2.45) is 0 Å². The fraction of sp³-hybridized carbons (Fsp3) is 0.333. The Bertz CT molecular complexity index is 1110. The molecule has 2 saturated heterocycles. The van der Waals surface area contributed by atoms with Crippen LogP contribution < -0.4 is 10.2 Å². The van der Waals surface area contributed by atoms with E-state index < -0.39 is 0 Å². The zero-order valence-electron chi connectivity index (χ0n) is 19.1. The number of rotatable bonds is 7. The molecule has 0 saturated carbocycles. The van der Waals surface area contributed by atoms with Crippen LogP contribution in [0.2, 0.25) is 0 Å². The van der Waals surface area contributed by atoms with Gasteiger partial charge in [-0.15, -0.1) is 11.8 Å². The van der Waals surface area contributed by atoms with Gasteiger partial charge in [0.05, 0.1) is 18.6 Å². The number of piperidine rings is 1. The summed E-state index contributed by atoms with van der Waals surface area (Å²) in [4.78, 5) is 29.3. The Morgan fingerprint density at radius 2 is 1.76 bits per heavy atom. The molecule has 2 aromatic carbocycles. The molecule has 7 heteroatoms. The van der Waals surface area contributed by atoms with Crippen molar-refractivity contribution in [2.45, 2.75) is 37.7 Å². The fourth-order valence-electron chi connectivity index (χ4n) is 4.53. The summed E-state index contributed by atoms with van der Waals surface area (Å²) < 4.78 is 5.42. The number of benzene rings is 2. The van der Waals surface area contributed by atoms with Crippen LogP contribution >= 0.6 is 11.8 Å². The van der Waals surface area contributed by atoms with Crippen LogP contribution in [0.5, 0.6) is 0 Å². The molecule has 3 heterocycles. The predicted molar refractivity (Wildman–Crippen MR) is 135 cm³/mol. The van der Waals surface area contributed by atoms with Crippen LogP contribution in [0.1, 0.15) is 51.9 Å². The molecule has 3 aromatic rings. The standard InChI is InChI=1S/C27H29N3O3S/c31-25-19-34-27(30(25)18-24-5-4-16-33-24)22-10-8-21(9-11-22)26(32)28-17-20-6-12-23(13-7-20)29-14-2-1-3-15-29/h4-13,16,27H,1-3,14-15,17-19H2,(H,28,32)/t27-/m1/s1. The maximum absolute atomic E-state index is 12.7. The summed E-state index contributed by atoms with van der Waals surface area (Å²) in [6.07, 6.45) is 5.46. The zero-order valence-corrected chi connectivity index (χ0v) is 19.9. The summed E-state index contributed by atoms with van der Waals surface area (Å²) in [5.41, 5.74) is 3.96. The van der Waals surface area contributed by atoms with Crippen molar-refractivity contribution in [3.8, 4) is 0 Å². The molecule has 0 unspecified atom stereocenters. The monoisotopic (exact) mass is 475 g/mol. The number of carbonyl (C=O) groups excluding carboxylic acids is 2. The molecule has 2 aliphatic heterocycles. The maximum atomic E-state index is 12.7. The highest BCUT2D eigenvalue weighted by molar-refractivity contribution is 8.00. The molecule has 1 N–H and O–H groups in total. The largest absolute Gasteiger partial charge is 0.467 e. The van der Waals surface area contributed by atoms with Crippen molar-refractivity contribution in [1.82, 2.24) is 10.2 Å². The Hall–Kier alpha value is -3.19. The smallest absolute Gasteiger partial charge is 0.251 e. The normalized spacial score (nSPS) is 18.4. The highest BCUT2D eigenvalue weighted by Gasteiger charge is 2.33. The van der Waals surface area contributed by atoms with Crippen LogP contribution in [0.25, 0.3) is 0 Å². The van der Waals surface area contributed by atoms with Gasteiger partial charge in [0.25, 0.3) is 5.91 Å². The molecule has 2 amide bonds. The average molecular weight is 476 g/mol. The third-order valence-corrected chi connectivity index (χ3v) is 7.70. The van der Waals surface area contributed by atoms with E-state index in [1.165, 1.54) is 24.9 Å². The minimum absolute atomic E-state index is 0.0758. The Labute approximate surface area is 204 Å².